The molecule has 98 valence electrons. The predicted octanol–water partition coefficient (Wildman–Crippen LogP) is 2.28. The first-order valence-electron chi connectivity index (χ1n) is 6.55. The molecule has 1 unspecified atom stereocenters. The predicted molar refractivity (Wildman–Crippen MR) is 65.7 cm³/mol. The molecule has 1 amide bonds. The van der Waals surface area contributed by atoms with Gasteiger partial charge in [0.2, 0.25) is 5.91 Å². The van der Waals surface area contributed by atoms with Gasteiger partial charge < -0.3 is 10.0 Å². The monoisotopic (exact) mass is 241 g/mol. The smallest absolute Gasteiger partial charge is 0.303 e. The third-order valence-electron chi connectivity index (χ3n) is 3.11. The summed E-state index contributed by atoms with van der Waals surface area (Å²) in [6.45, 7) is 4.78. The van der Waals surface area contributed by atoms with Crippen molar-refractivity contribution in [1.29, 1.82) is 0 Å². The molecule has 0 radical (unpaired) electrons. The highest BCUT2D eigenvalue weighted by molar-refractivity contribution is 5.78. The maximum Gasteiger partial charge on any atom is 0.303 e. The fourth-order valence-electron chi connectivity index (χ4n) is 2.01. The van der Waals surface area contributed by atoms with Gasteiger partial charge >= 0.3 is 5.97 Å². The second-order valence-corrected chi connectivity index (χ2v) is 5.08. The first-order valence-corrected chi connectivity index (χ1v) is 6.55. The van der Waals surface area contributed by atoms with Crippen molar-refractivity contribution in [2.75, 3.05) is 6.54 Å². The lowest BCUT2D eigenvalue weighted by Gasteiger charge is -2.23. The average Bonchev–Trinajstić information content (AvgIpc) is 3.00. The van der Waals surface area contributed by atoms with Gasteiger partial charge in [-0.15, -0.1) is 0 Å². The Hall–Kier alpha value is -1.06. The Morgan fingerprint density at radius 2 is 2.00 bits per heavy atom. The van der Waals surface area contributed by atoms with Gasteiger partial charge in [-0.3, -0.25) is 9.59 Å². The molecule has 0 aromatic rings. The molecule has 0 saturated heterocycles. The number of carbonyl (C=O) groups excluding carboxylic acids is 1. The van der Waals surface area contributed by atoms with E-state index in [-0.39, 0.29) is 18.2 Å². The molecule has 1 saturated carbocycles. The lowest BCUT2D eigenvalue weighted by molar-refractivity contribution is -0.138. The Balaban J connectivity index is 2.38. The average molecular weight is 241 g/mol. The van der Waals surface area contributed by atoms with E-state index in [0.717, 1.165) is 32.2 Å². The molecule has 17 heavy (non-hydrogen) atoms. The number of hydrogen-bond acceptors (Lipinski definition) is 2. The first kappa shape index (κ1) is 14.0. The van der Waals surface area contributed by atoms with Gasteiger partial charge in [-0.1, -0.05) is 20.3 Å². The number of unbranched alkanes of at least 4 members (excludes halogenated alkanes) is 1. The van der Waals surface area contributed by atoms with Crippen molar-refractivity contribution in [1.82, 2.24) is 4.90 Å². The Morgan fingerprint density at radius 1 is 1.35 bits per heavy atom. The Bertz CT molecular complexity index is 274. The molecule has 1 aliphatic carbocycles. The molecule has 1 aliphatic rings. The summed E-state index contributed by atoms with van der Waals surface area (Å²) in [5.41, 5.74) is 0. The number of nitrogens with zero attached hydrogens (tertiary/aromatic N) is 1. The summed E-state index contributed by atoms with van der Waals surface area (Å²) in [5, 5.41) is 8.67. The molecule has 0 heterocycles. The van der Waals surface area contributed by atoms with Gasteiger partial charge in [-0.05, 0) is 25.2 Å². The highest BCUT2D eigenvalue weighted by Gasteiger charge is 2.32. The molecule has 1 fully saturated rings. The van der Waals surface area contributed by atoms with Crippen LogP contribution in [0.2, 0.25) is 0 Å². The summed E-state index contributed by atoms with van der Waals surface area (Å²) in [6.07, 6.45) is 4.80. The van der Waals surface area contributed by atoms with Crippen molar-refractivity contribution in [3.8, 4) is 0 Å². The molecule has 4 nitrogen and oxygen atoms in total. The van der Waals surface area contributed by atoms with E-state index >= 15 is 0 Å². The molecular formula is C13H23NO3. The fourth-order valence-corrected chi connectivity index (χ4v) is 2.01. The van der Waals surface area contributed by atoms with Gasteiger partial charge in [-0.2, -0.15) is 0 Å². The normalized spacial score (nSPS) is 16.6. The van der Waals surface area contributed by atoms with Gasteiger partial charge in [0, 0.05) is 25.4 Å². The van der Waals surface area contributed by atoms with Crippen LogP contribution >= 0.6 is 0 Å². The van der Waals surface area contributed by atoms with Crippen molar-refractivity contribution >= 4 is 11.9 Å². The Labute approximate surface area is 103 Å². The van der Waals surface area contributed by atoms with Gasteiger partial charge in [-0.25, -0.2) is 0 Å². The largest absolute Gasteiger partial charge is 0.481 e. The molecule has 0 aliphatic heterocycles. The molecule has 0 bridgehead atoms. The van der Waals surface area contributed by atoms with Crippen LogP contribution in [0, 0.1) is 5.92 Å². The maximum atomic E-state index is 12.1. The zero-order chi connectivity index (χ0) is 12.8. The minimum absolute atomic E-state index is 0.0668. The van der Waals surface area contributed by atoms with E-state index in [9.17, 15) is 9.59 Å². The standard InChI is InChI=1S/C13H23NO3/c1-3-4-7-14(11-5-6-11)12(15)8-10(2)9-13(16)17/h10-11H,3-9H2,1-2H3,(H,16,17). The van der Waals surface area contributed by atoms with Crippen LogP contribution in [0.25, 0.3) is 0 Å². The van der Waals surface area contributed by atoms with Crippen LogP contribution in [0.3, 0.4) is 0 Å². The summed E-state index contributed by atoms with van der Waals surface area (Å²) >= 11 is 0. The van der Waals surface area contributed by atoms with E-state index in [1.807, 2.05) is 11.8 Å². The van der Waals surface area contributed by atoms with Gasteiger partial charge in [0.1, 0.15) is 0 Å². The number of carboxylic acids is 1. The van der Waals surface area contributed by atoms with Crippen LogP contribution in [0.5, 0.6) is 0 Å². The molecule has 1 N–H and O–H groups in total. The topological polar surface area (TPSA) is 57.6 Å². The Morgan fingerprint density at radius 3 is 2.47 bits per heavy atom. The van der Waals surface area contributed by atoms with Crippen molar-refractivity contribution in [3.63, 3.8) is 0 Å². The summed E-state index contributed by atoms with van der Waals surface area (Å²) < 4.78 is 0. The fraction of sp³-hybridized carbons (Fsp3) is 0.846. The van der Waals surface area contributed by atoms with Crippen molar-refractivity contribution < 1.29 is 14.7 Å². The van der Waals surface area contributed by atoms with Crippen LogP contribution in [0.15, 0.2) is 0 Å². The lowest BCUT2D eigenvalue weighted by Crippen LogP contribution is -2.35. The quantitative estimate of drug-likeness (QED) is 0.709. The van der Waals surface area contributed by atoms with E-state index in [0.29, 0.717) is 12.5 Å². The lowest BCUT2D eigenvalue weighted by atomic mass is 10.0. The van der Waals surface area contributed by atoms with E-state index < -0.39 is 5.97 Å². The Kier molecular flexibility index (Phi) is 5.45. The van der Waals surface area contributed by atoms with E-state index in [1.165, 1.54) is 0 Å². The van der Waals surface area contributed by atoms with E-state index in [2.05, 4.69) is 6.92 Å². The minimum Gasteiger partial charge on any atom is -0.481 e. The third-order valence-corrected chi connectivity index (χ3v) is 3.11. The summed E-state index contributed by atoms with van der Waals surface area (Å²) in [5.74, 6) is -0.755. The number of rotatable bonds is 8. The highest BCUT2D eigenvalue weighted by Crippen LogP contribution is 2.28. The number of aliphatic carboxylic acids is 1. The second-order valence-electron chi connectivity index (χ2n) is 5.08. The summed E-state index contributed by atoms with van der Waals surface area (Å²) in [6, 6.07) is 0.436. The second kappa shape index (κ2) is 6.62. The molecule has 0 spiro atoms. The molecular weight excluding hydrogens is 218 g/mol. The van der Waals surface area contributed by atoms with Gasteiger partial charge in [0.05, 0.1) is 0 Å². The SMILES string of the molecule is CCCCN(C(=O)CC(C)CC(=O)O)C1CC1. The number of carbonyl (C=O) groups is 2. The molecule has 0 aromatic heterocycles. The molecule has 1 rings (SSSR count). The van der Waals surface area contributed by atoms with Crippen molar-refractivity contribution in [2.45, 2.75) is 58.4 Å². The van der Waals surface area contributed by atoms with Crippen molar-refractivity contribution in [2.24, 2.45) is 5.92 Å². The zero-order valence-electron chi connectivity index (χ0n) is 10.8. The van der Waals surface area contributed by atoms with E-state index in [1.54, 1.807) is 0 Å². The number of amides is 1. The zero-order valence-corrected chi connectivity index (χ0v) is 10.8. The molecule has 4 heteroatoms. The van der Waals surface area contributed by atoms with Crippen LogP contribution in [-0.4, -0.2) is 34.5 Å². The highest BCUT2D eigenvalue weighted by atomic mass is 16.4. The molecule has 1 atom stereocenters. The first-order chi connectivity index (χ1) is 8.04. The summed E-state index contributed by atoms with van der Waals surface area (Å²) in [4.78, 5) is 24.6. The third kappa shape index (κ3) is 5.20. The number of carboxylic acid groups (broad SMARTS) is 1. The molecule has 0 aromatic carbocycles. The van der Waals surface area contributed by atoms with E-state index in [4.69, 9.17) is 5.11 Å². The van der Waals surface area contributed by atoms with Crippen molar-refractivity contribution in [3.05, 3.63) is 0 Å². The van der Waals surface area contributed by atoms with Crippen LogP contribution in [-0.2, 0) is 9.59 Å². The minimum atomic E-state index is -0.822. The summed E-state index contributed by atoms with van der Waals surface area (Å²) in [7, 11) is 0. The van der Waals surface area contributed by atoms with Crippen LogP contribution < -0.4 is 0 Å². The van der Waals surface area contributed by atoms with Crippen LogP contribution in [0.4, 0.5) is 0 Å². The maximum absolute atomic E-state index is 12.1. The van der Waals surface area contributed by atoms with Gasteiger partial charge in [0.15, 0.2) is 0 Å². The van der Waals surface area contributed by atoms with Gasteiger partial charge in [0.25, 0.3) is 0 Å². The number of hydrogen-bond donors (Lipinski definition) is 1. The van der Waals surface area contributed by atoms with Crippen LogP contribution in [0.1, 0.15) is 52.4 Å².